The summed E-state index contributed by atoms with van der Waals surface area (Å²) in [5.41, 5.74) is -0.620. The molecule has 1 aliphatic rings. The highest BCUT2D eigenvalue weighted by Crippen LogP contribution is 2.37. The number of ether oxygens (including phenoxy) is 1. The van der Waals surface area contributed by atoms with Gasteiger partial charge in [0.1, 0.15) is 12.5 Å². The van der Waals surface area contributed by atoms with Gasteiger partial charge in [-0.1, -0.05) is 29.3 Å². The molecule has 0 fully saturated rings. The second-order valence-electron chi connectivity index (χ2n) is 5.39. The van der Waals surface area contributed by atoms with Crippen molar-refractivity contribution in [2.75, 3.05) is 6.61 Å². The van der Waals surface area contributed by atoms with E-state index in [2.05, 4.69) is 10.3 Å². The number of hydrogen-bond acceptors (Lipinski definition) is 3. The third-order valence-electron chi connectivity index (χ3n) is 3.78. The molecule has 132 valence electrons. The summed E-state index contributed by atoms with van der Waals surface area (Å²) in [5, 5.41) is 2.19. The number of fused-ring (bicyclic) bond motifs is 1. The van der Waals surface area contributed by atoms with Crippen molar-refractivity contribution < 1.29 is 22.7 Å². The van der Waals surface area contributed by atoms with Crippen molar-refractivity contribution in [1.82, 2.24) is 10.3 Å². The van der Waals surface area contributed by atoms with Gasteiger partial charge in [-0.15, -0.1) is 0 Å². The largest absolute Gasteiger partial charge is 0.476 e. The summed E-state index contributed by atoms with van der Waals surface area (Å²) in [6.07, 6.45) is -3.11. The number of nitrogens with one attached hydrogen (secondary N) is 1. The Kier molecular flexibility index (Phi) is 4.79. The van der Waals surface area contributed by atoms with E-state index in [4.69, 9.17) is 27.9 Å². The molecule has 1 atom stereocenters. The van der Waals surface area contributed by atoms with Crippen molar-refractivity contribution >= 4 is 29.1 Å². The van der Waals surface area contributed by atoms with Gasteiger partial charge in [-0.05, 0) is 18.2 Å². The predicted octanol–water partition coefficient (Wildman–Crippen LogP) is 4.20. The average Bonchev–Trinajstić information content (AvgIpc) is 2.96. The molecule has 0 radical (unpaired) electrons. The lowest BCUT2D eigenvalue weighted by Gasteiger charge is -2.16. The summed E-state index contributed by atoms with van der Waals surface area (Å²) in [6, 6.07) is 5.34. The summed E-state index contributed by atoms with van der Waals surface area (Å²) in [7, 11) is 0. The zero-order valence-corrected chi connectivity index (χ0v) is 14.0. The molecular weight excluding hydrogens is 380 g/mol. The quantitative estimate of drug-likeness (QED) is 0.854. The van der Waals surface area contributed by atoms with Gasteiger partial charge in [0, 0.05) is 33.9 Å². The standard InChI is InChI=1S/C16H11Cl2F3N2O2/c17-8-4-12(16(19,20)21)10(13(18)5-8)6-23-14(24)11-7-25-15-9(11)2-1-3-22-15/h1-5,11H,6-7H2,(H,23,24). The molecule has 0 bridgehead atoms. The number of carbonyl (C=O) groups is 1. The molecule has 1 aromatic carbocycles. The number of carbonyl (C=O) groups excluding carboxylic acids is 1. The Bertz CT molecular complexity index is 828. The van der Waals surface area contributed by atoms with Crippen LogP contribution in [0.25, 0.3) is 0 Å². The number of aromatic nitrogens is 1. The van der Waals surface area contributed by atoms with Crippen LogP contribution in [0, 0.1) is 0 Å². The molecule has 0 spiro atoms. The first-order chi connectivity index (χ1) is 11.8. The smallest absolute Gasteiger partial charge is 0.416 e. The van der Waals surface area contributed by atoms with Crippen molar-refractivity contribution in [3.8, 4) is 5.88 Å². The lowest BCUT2D eigenvalue weighted by Crippen LogP contribution is -2.30. The first kappa shape index (κ1) is 17.8. The zero-order valence-electron chi connectivity index (χ0n) is 12.5. The van der Waals surface area contributed by atoms with Crippen molar-refractivity contribution in [3.05, 3.63) is 57.2 Å². The number of amides is 1. The molecule has 1 amide bonds. The van der Waals surface area contributed by atoms with Gasteiger partial charge in [-0.25, -0.2) is 4.98 Å². The number of hydrogen-bond donors (Lipinski definition) is 1. The molecule has 1 unspecified atom stereocenters. The predicted molar refractivity (Wildman–Crippen MR) is 85.8 cm³/mol. The van der Waals surface area contributed by atoms with E-state index < -0.39 is 23.6 Å². The average molecular weight is 391 g/mol. The topological polar surface area (TPSA) is 51.2 Å². The Morgan fingerprint density at radius 2 is 2.12 bits per heavy atom. The van der Waals surface area contributed by atoms with E-state index in [0.717, 1.165) is 6.07 Å². The monoisotopic (exact) mass is 390 g/mol. The fourth-order valence-corrected chi connectivity index (χ4v) is 3.15. The maximum Gasteiger partial charge on any atom is 0.416 e. The van der Waals surface area contributed by atoms with Crippen LogP contribution in [0.5, 0.6) is 5.88 Å². The van der Waals surface area contributed by atoms with Crippen molar-refractivity contribution in [1.29, 1.82) is 0 Å². The molecule has 9 heteroatoms. The summed E-state index contributed by atoms with van der Waals surface area (Å²) < 4.78 is 44.8. The second-order valence-corrected chi connectivity index (χ2v) is 6.23. The van der Waals surface area contributed by atoms with Crippen LogP contribution in [0.15, 0.2) is 30.5 Å². The van der Waals surface area contributed by atoms with E-state index in [9.17, 15) is 18.0 Å². The molecule has 25 heavy (non-hydrogen) atoms. The highest BCUT2D eigenvalue weighted by molar-refractivity contribution is 6.35. The molecule has 1 aromatic heterocycles. The summed E-state index contributed by atoms with van der Waals surface area (Å²) in [4.78, 5) is 16.3. The van der Waals surface area contributed by atoms with E-state index in [1.54, 1.807) is 12.1 Å². The van der Waals surface area contributed by atoms with Gasteiger partial charge in [0.25, 0.3) is 0 Å². The number of pyridine rings is 1. The zero-order chi connectivity index (χ0) is 18.2. The van der Waals surface area contributed by atoms with Crippen LogP contribution in [-0.2, 0) is 17.5 Å². The molecular formula is C16H11Cl2F3N2O2. The molecule has 2 aromatic rings. The number of benzene rings is 1. The minimum Gasteiger partial charge on any atom is -0.476 e. The summed E-state index contributed by atoms with van der Waals surface area (Å²) in [6.45, 7) is -0.297. The Morgan fingerprint density at radius 3 is 2.84 bits per heavy atom. The molecule has 4 nitrogen and oxygen atoms in total. The number of rotatable bonds is 3. The van der Waals surface area contributed by atoms with Crippen LogP contribution in [0.3, 0.4) is 0 Å². The molecule has 3 rings (SSSR count). The van der Waals surface area contributed by atoms with Crippen LogP contribution in [0.1, 0.15) is 22.6 Å². The van der Waals surface area contributed by atoms with Crippen molar-refractivity contribution in [2.24, 2.45) is 0 Å². The highest BCUT2D eigenvalue weighted by Gasteiger charge is 2.36. The summed E-state index contributed by atoms with van der Waals surface area (Å²) >= 11 is 11.5. The maximum atomic E-state index is 13.2. The molecule has 0 aliphatic carbocycles. The van der Waals surface area contributed by atoms with Crippen LogP contribution < -0.4 is 10.1 Å². The van der Waals surface area contributed by atoms with Gasteiger partial charge in [0.2, 0.25) is 11.8 Å². The van der Waals surface area contributed by atoms with Crippen LogP contribution in [-0.4, -0.2) is 17.5 Å². The third kappa shape index (κ3) is 3.67. The third-order valence-corrected chi connectivity index (χ3v) is 4.34. The Balaban J connectivity index is 1.80. The molecule has 2 heterocycles. The number of halogens is 5. The van der Waals surface area contributed by atoms with E-state index in [-0.39, 0.29) is 28.8 Å². The Labute approximate surface area is 150 Å². The minimum atomic E-state index is -4.64. The first-order valence-electron chi connectivity index (χ1n) is 7.18. The summed E-state index contributed by atoms with van der Waals surface area (Å²) in [5.74, 6) is -0.752. The highest BCUT2D eigenvalue weighted by atomic mass is 35.5. The Morgan fingerprint density at radius 1 is 1.36 bits per heavy atom. The SMILES string of the molecule is O=C(NCc1c(Cl)cc(Cl)cc1C(F)(F)F)C1COc2ncccc21. The molecule has 1 N–H and O–H groups in total. The van der Waals surface area contributed by atoms with E-state index in [1.807, 2.05) is 0 Å². The number of nitrogens with zero attached hydrogens (tertiary/aromatic N) is 1. The lowest BCUT2D eigenvalue weighted by molar-refractivity contribution is -0.138. The molecule has 1 aliphatic heterocycles. The van der Waals surface area contributed by atoms with Gasteiger partial charge in [-0.2, -0.15) is 13.2 Å². The first-order valence-corrected chi connectivity index (χ1v) is 7.93. The van der Waals surface area contributed by atoms with Gasteiger partial charge in [-0.3, -0.25) is 4.79 Å². The van der Waals surface area contributed by atoms with E-state index >= 15 is 0 Å². The maximum absolute atomic E-state index is 13.2. The van der Waals surface area contributed by atoms with Gasteiger partial charge in [0.15, 0.2) is 0 Å². The van der Waals surface area contributed by atoms with Crippen LogP contribution in [0.4, 0.5) is 13.2 Å². The van der Waals surface area contributed by atoms with Crippen molar-refractivity contribution in [2.45, 2.75) is 18.6 Å². The minimum absolute atomic E-state index is 0.0820. The van der Waals surface area contributed by atoms with E-state index in [1.165, 1.54) is 12.3 Å². The van der Waals surface area contributed by atoms with Crippen LogP contribution >= 0.6 is 23.2 Å². The lowest BCUT2D eigenvalue weighted by atomic mass is 10.0. The van der Waals surface area contributed by atoms with Gasteiger partial charge >= 0.3 is 6.18 Å². The fraction of sp³-hybridized carbons (Fsp3) is 0.250. The Hall–Kier alpha value is -1.99. The van der Waals surface area contributed by atoms with Gasteiger partial charge < -0.3 is 10.1 Å². The normalized spacial score (nSPS) is 16.3. The number of alkyl halides is 3. The van der Waals surface area contributed by atoms with E-state index in [0.29, 0.717) is 11.4 Å². The fourth-order valence-electron chi connectivity index (χ4n) is 2.59. The van der Waals surface area contributed by atoms with Crippen LogP contribution in [0.2, 0.25) is 10.0 Å². The van der Waals surface area contributed by atoms with Crippen molar-refractivity contribution in [3.63, 3.8) is 0 Å². The molecule has 0 saturated carbocycles. The van der Waals surface area contributed by atoms with Gasteiger partial charge in [0.05, 0.1) is 5.56 Å². The molecule has 0 saturated heterocycles. The second kappa shape index (κ2) is 6.72.